The van der Waals surface area contributed by atoms with Crippen LogP contribution >= 0.6 is 0 Å². The molecule has 28 heavy (non-hydrogen) atoms. The van der Waals surface area contributed by atoms with Crippen molar-refractivity contribution < 1.29 is 9.53 Å². The van der Waals surface area contributed by atoms with Crippen LogP contribution in [0.5, 0.6) is 5.75 Å². The molecule has 0 aliphatic carbocycles. The summed E-state index contributed by atoms with van der Waals surface area (Å²) in [5.41, 5.74) is 5.38. The summed E-state index contributed by atoms with van der Waals surface area (Å²) in [6.07, 6.45) is 5.00. The highest BCUT2D eigenvalue weighted by Crippen LogP contribution is 2.16. The number of hydrogen-bond acceptors (Lipinski definition) is 4. The molecule has 2 N–H and O–H groups in total. The summed E-state index contributed by atoms with van der Waals surface area (Å²) in [6.45, 7) is 2.90. The van der Waals surface area contributed by atoms with Crippen LogP contribution in [-0.2, 0) is 0 Å². The molecule has 6 nitrogen and oxygen atoms in total. The van der Waals surface area contributed by atoms with Crippen molar-refractivity contribution in [1.82, 2.24) is 15.6 Å². The molecule has 0 fully saturated rings. The first-order valence-corrected chi connectivity index (χ1v) is 9.43. The zero-order valence-electron chi connectivity index (χ0n) is 15.9. The number of aromatic amines is 1. The van der Waals surface area contributed by atoms with Crippen LogP contribution in [0.1, 0.15) is 42.2 Å². The van der Waals surface area contributed by atoms with Gasteiger partial charge in [0.05, 0.1) is 18.5 Å². The van der Waals surface area contributed by atoms with E-state index in [1.807, 2.05) is 54.6 Å². The van der Waals surface area contributed by atoms with Gasteiger partial charge in [0.1, 0.15) is 11.4 Å². The van der Waals surface area contributed by atoms with Crippen LogP contribution in [-0.4, -0.2) is 28.9 Å². The first-order valence-electron chi connectivity index (χ1n) is 9.43. The largest absolute Gasteiger partial charge is 0.494 e. The van der Waals surface area contributed by atoms with Gasteiger partial charge >= 0.3 is 0 Å². The molecule has 0 aliphatic heterocycles. The highest BCUT2D eigenvalue weighted by atomic mass is 16.5. The molecule has 1 amide bonds. The molecule has 3 rings (SSSR count). The van der Waals surface area contributed by atoms with Gasteiger partial charge in [0.25, 0.3) is 5.91 Å². The van der Waals surface area contributed by atoms with E-state index >= 15 is 0 Å². The van der Waals surface area contributed by atoms with Gasteiger partial charge in [-0.25, -0.2) is 5.43 Å². The number of rotatable bonds is 9. The van der Waals surface area contributed by atoms with E-state index in [9.17, 15) is 4.79 Å². The van der Waals surface area contributed by atoms with Crippen LogP contribution in [0, 0.1) is 0 Å². The van der Waals surface area contributed by atoms with E-state index < -0.39 is 0 Å². The van der Waals surface area contributed by atoms with Gasteiger partial charge in [-0.15, -0.1) is 0 Å². The number of aromatic nitrogens is 2. The second-order valence-corrected chi connectivity index (χ2v) is 6.36. The molecule has 0 atom stereocenters. The standard InChI is InChI=1S/C22H24N4O2/c1-2-3-7-14-28-19-12-10-17(11-13-19)16-23-26-22(27)21-15-20(24-25-21)18-8-5-4-6-9-18/h4-6,8-13,15-16H,2-3,7,14H2,1H3,(H,24,25)(H,26,27)/b23-16-. The number of carbonyl (C=O) groups excluding carboxylic acids is 1. The van der Waals surface area contributed by atoms with Gasteiger partial charge in [0.15, 0.2) is 0 Å². The Bertz CT molecular complexity index is 902. The van der Waals surface area contributed by atoms with E-state index in [1.54, 1.807) is 12.3 Å². The van der Waals surface area contributed by atoms with Gasteiger partial charge in [0.2, 0.25) is 0 Å². The number of carbonyl (C=O) groups is 1. The predicted molar refractivity (Wildman–Crippen MR) is 111 cm³/mol. The summed E-state index contributed by atoms with van der Waals surface area (Å²) in [7, 11) is 0. The van der Waals surface area contributed by atoms with E-state index in [4.69, 9.17) is 4.74 Å². The number of unbranched alkanes of at least 4 members (excludes halogenated alkanes) is 2. The third-order valence-corrected chi connectivity index (χ3v) is 4.17. The minimum atomic E-state index is -0.346. The Labute approximate surface area is 164 Å². The second-order valence-electron chi connectivity index (χ2n) is 6.36. The average molecular weight is 376 g/mol. The van der Waals surface area contributed by atoms with Crippen LogP contribution in [0.2, 0.25) is 0 Å². The fourth-order valence-electron chi connectivity index (χ4n) is 2.61. The SMILES string of the molecule is CCCCCOc1ccc(/C=N\NC(=O)c2cc(-c3ccccc3)n[nH]2)cc1. The van der Waals surface area contributed by atoms with Crippen molar-refractivity contribution >= 4 is 12.1 Å². The zero-order valence-corrected chi connectivity index (χ0v) is 15.9. The highest BCUT2D eigenvalue weighted by molar-refractivity contribution is 5.94. The van der Waals surface area contributed by atoms with Crippen molar-refractivity contribution in [2.24, 2.45) is 5.10 Å². The van der Waals surface area contributed by atoms with Crippen LogP contribution in [0.4, 0.5) is 0 Å². The molecule has 0 saturated carbocycles. The van der Waals surface area contributed by atoms with Crippen molar-refractivity contribution in [2.45, 2.75) is 26.2 Å². The number of benzene rings is 2. The van der Waals surface area contributed by atoms with Crippen LogP contribution < -0.4 is 10.2 Å². The van der Waals surface area contributed by atoms with Gasteiger partial charge in [0, 0.05) is 5.56 Å². The van der Waals surface area contributed by atoms with Gasteiger partial charge in [-0.2, -0.15) is 10.2 Å². The number of ether oxygens (including phenoxy) is 1. The minimum Gasteiger partial charge on any atom is -0.494 e. The smallest absolute Gasteiger partial charge is 0.289 e. The summed E-state index contributed by atoms with van der Waals surface area (Å²) in [5.74, 6) is 0.491. The third-order valence-electron chi connectivity index (χ3n) is 4.17. The lowest BCUT2D eigenvalue weighted by atomic mass is 10.1. The zero-order chi connectivity index (χ0) is 19.6. The molecule has 1 aromatic heterocycles. The number of H-pyrrole nitrogens is 1. The highest BCUT2D eigenvalue weighted by Gasteiger charge is 2.09. The fourth-order valence-corrected chi connectivity index (χ4v) is 2.61. The summed E-state index contributed by atoms with van der Waals surface area (Å²) in [4.78, 5) is 12.2. The molecule has 0 saturated heterocycles. The normalized spacial score (nSPS) is 10.9. The molecule has 3 aromatic rings. The van der Waals surface area contributed by atoms with Gasteiger partial charge < -0.3 is 4.74 Å². The molecule has 1 heterocycles. The monoisotopic (exact) mass is 376 g/mol. The van der Waals surface area contributed by atoms with Gasteiger partial charge in [-0.05, 0) is 42.3 Å². The molecule has 0 aliphatic rings. The van der Waals surface area contributed by atoms with E-state index in [0.717, 1.165) is 29.9 Å². The van der Waals surface area contributed by atoms with Crippen molar-refractivity contribution in [3.63, 3.8) is 0 Å². The Hall–Kier alpha value is -3.41. The lowest BCUT2D eigenvalue weighted by Crippen LogP contribution is -2.17. The van der Waals surface area contributed by atoms with E-state index in [2.05, 4.69) is 27.6 Å². The average Bonchev–Trinajstić information content (AvgIpc) is 3.23. The van der Waals surface area contributed by atoms with Crippen LogP contribution in [0.15, 0.2) is 65.8 Å². The van der Waals surface area contributed by atoms with Gasteiger partial charge in [-0.1, -0.05) is 50.1 Å². The van der Waals surface area contributed by atoms with E-state index in [0.29, 0.717) is 11.4 Å². The first kappa shape index (κ1) is 19.4. The predicted octanol–water partition coefficient (Wildman–Crippen LogP) is 4.41. The quantitative estimate of drug-likeness (QED) is 0.330. The number of amides is 1. The van der Waals surface area contributed by atoms with Crippen molar-refractivity contribution in [3.05, 3.63) is 71.9 Å². The Kier molecular flexibility index (Phi) is 6.95. The molecule has 0 unspecified atom stereocenters. The second kappa shape index (κ2) is 10.1. The fraction of sp³-hybridized carbons (Fsp3) is 0.227. The maximum Gasteiger partial charge on any atom is 0.289 e. The number of nitrogens with zero attached hydrogens (tertiary/aromatic N) is 2. The topological polar surface area (TPSA) is 79.4 Å². The Morgan fingerprint density at radius 3 is 2.68 bits per heavy atom. The molecule has 0 spiro atoms. The van der Waals surface area contributed by atoms with E-state index in [1.165, 1.54) is 12.8 Å². The molecule has 2 aromatic carbocycles. The first-order chi connectivity index (χ1) is 13.8. The molecular weight excluding hydrogens is 352 g/mol. The Morgan fingerprint density at radius 2 is 1.93 bits per heavy atom. The van der Waals surface area contributed by atoms with Crippen molar-refractivity contribution in [2.75, 3.05) is 6.61 Å². The van der Waals surface area contributed by atoms with E-state index in [-0.39, 0.29) is 5.91 Å². The van der Waals surface area contributed by atoms with Crippen LogP contribution in [0.25, 0.3) is 11.3 Å². The molecule has 6 heteroatoms. The number of nitrogens with one attached hydrogen (secondary N) is 2. The Balaban J connectivity index is 1.50. The molecule has 144 valence electrons. The summed E-state index contributed by atoms with van der Waals surface area (Å²) >= 11 is 0. The summed E-state index contributed by atoms with van der Waals surface area (Å²) in [5, 5.41) is 10.9. The maximum absolute atomic E-state index is 12.2. The summed E-state index contributed by atoms with van der Waals surface area (Å²) < 4.78 is 5.68. The Morgan fingerprint density at radius 1 is 1.14 bits per heavy atom. The van der Waals surface area contributed by atoms with Crippen molar-refractivity contribution in [3.8, 4) is 17.0 Å². The number of hydrazone groups is 1. The minimum absolute atomic E-state index is 0.346. The molecular formula is C22H24N4O2. The van der Waals surface area contributed by atoms with Crippen molar-refractivity contribution in [1.29, 1.82) is 0 Å². The number of hydrogen-bond donors (Lipinski definition) is 2. The van der Waals surface area contributed by atoms with Crippen LogP contribution in [0.3, 0.4) is 0 Å². The summed E-state index contributed by atoms with van der Waals surface area (Å²) in [6, 6.07) is 19.0. The lowest BCUT2D eigenvalue weighted by molar-refractivity contribution is 0.0950. The maximum atomic E-state index is 12.2. The lowest BCUT2D eigenvalue weighted by Gasteiger charge is -2.05. The molecule has 0 bridgehead atoms. The molecule has 0 radical (unpaired) electrons. The third kappa shape index (κ3) is 5.54. The van der Waals surface area contributed by atoms with Gasteiger partial charge in [-0.3, -0.25) is 9.89 Å².